The molecule has 1 saturated carbocycles. The number of carbonyl (C=O) groups is 2. The monoisotopic (exact) mass is 505 g/mol. The molecule has 3 N–H and O–H groups in total. The highest BCUT2D eigenvalue weighted by molar-refractivity contribution is 6.04. The maximum absolute atomic E-state index is 13.9. The van der Waals surface area contributed by atoms with Crippen molar-refractivity contribution in [3.63, 3.8) is 0 Å². The Morgan fingerprint density at radius 3 is 2.35 bits per heavy atom. The number of halogens is 1. The number of anilines is 1. The zero-order chi connectivity index (χ0) is 26.4. The fraction of sp³-hybridized carbons (Fsp3) is 0.310. The number of methoxy groups -OCH3 is 2. The Labute approximate surface area is 216 Å². The van der Waals surface area contributed by atoms with Crippen LogP contribution in [0.4, 0.5) is 10.1 Å². The van der Waals surface area contributed by atoms with Gasteiger partial charge in [0.05, 0.1) is 14.2 Å². The molecule has 1 fully saturated rings. The Hall–Kier alpha value is -3.91. The maximum Gasteiger partial charge on any atom is 0.255 e. The molecular formula is C29H32FN3O4. The number of hydrogen-bond acceptors (Lipinski definition) is 5. The number of ether oxygens (including phenoxy) is 2. The number of benzene rings is 3. The summed E-state index contributed by atoms with van der Waals surface area (Å²) in [6, 6.07) is 18.2. The number of nitrogens with one attached hydrogen (secondary N) is 1. The summed E-state index contributed by atoms with van der Waals surface area (Å²) in [6.45, 7) is 0.329. The molecule has 3 aromatic carbocycles. The summed E-state index contributed by atoms with van der Waals surface area (Å²) in [4.78, 5) is 28.2. The van der Waals surface area contributed by atoms with Crippen LogP contribution in [-0.4, -0.2) is 43.0 Å². The van der Waals surface area contributed by atoms with Crippen LogP contribution in [0.25, 0.3) is 0 Å². The molecule has 2 amide bonds. The third kappa shape index (κ3) is 6.46. The summed E-state index contributed by atoms with van der Waals surface area (Å²) in [5.74, 6) is 0.0264. The van der Waals surface area contributed by atoms with Crippen molar-refractivity contribution < 1.29 is 23.5 Å². The van der Waals surface area contributed by atoms with E-state index >= 15 is 0 Å². The van der Waals surface area contributed by atoms with E-state index in [9.17, 15) is 14.0 Å². The van der Waals surface area contributed by atoms with Crippen molar-refractivity contribution in [2.24, 2.45) is 5.73 Å². The number of amides is 2. The zero-order valence-corrected chi connectivity index (χ0v) is 21.1. The average Bonchev–Trinajstić information content (AvgIpc) is 2.91. The number of nitrogens with zero attached hydrogens (tertiary/aromatic N) is 1. The minimum absolute atomic E-state index is 0.000536. The first kappa shape index (κ1) is 26.2. The van der Waals surface area contributed by atoms with E-state index in [0.29, 0.717) is 34.9 Å². The van der Waals surface area contributed by atoms with Gasteiger partial charge in [0.15, 0.2) is 11.5 Å². The molecule has 1 aliphatic rings. The van der Waals surface area contributed by atoms with Crippen molar-refractivity contribution in [2.45, 2.75) is 44.3 Å². The van der Waals surface area contributed by atoms with Crippen molar-refractivity contribution in [1.29, 1.82) is 0 Å². The highest BCUT2D eigenvalue weighted by Gasteiger charge is 2.29. The Morgan fingerprint density at radius 2 is 1.65 bits per heavy atom. The van der Waals surface area contributed by atoms with Crippen LogP contribution >= 0.6 is 0 Å². The van der Waals surface area contributed by atoms with Gasteiger partial charge in [-0.3, -0.25) is 9.59 Å². The second kappa shape index (κ2) is 11.9. The van der Waals surface area contributed by atoms with E-state index < -0.39 is 5.82 Å². The molecule has 7 nitrogen and oxygen atoms in total. The van der Waals surface area contributed by atoms with Gasteiger partial charge in [0.25, 0.3) is 11.8 Å². The molecule has 8 heteroatoms. The summed E-state index contributed by atoms with van der Waals surface area (Å²) in [5, 5.41) is 2.91. The summed E-state index contributed by atoms with van der Waals surface area (Å²) >= 11 is 0. The van der Waals surface area contributed by atoms with Crippen LogP contribution < -0.4 is 20.5 Å². The first-order valence-electron chi connectivity index (χ1n) is 12.3. The summed E-state index contributed by atoms with van der Waals surface area (Å²) in [6.07, 6.45) is 3.24. The predicted molar refractivity (Wildman–Crippen MR) is 140 cm³/mol. The highest BCUT2D eigenvalue weighted by atomic mass is 19.1. The van der Waals surface area contributed by atoms with E-state index in [0.717, 1.165) is 31.2 Å². The van der Waals surface area contributed by atoms with E-state index in [4.69, 9.17) is 15.2 Å². The fourth-order valence-corrected chi connectivity index (χ4v) is 4.69. The van der Waals surface area contributed by atoms with Crippen LogP contribution in [0.1, 0.15) is 52.0 Å². The van der Waals surface area contributed by atoms with Crippen molar-refractivity contribution in [2.75, 3.05) is 19.5 Å². The first-order valence-corrected chi connectivity index (χ1v) is 12.3. The molecular weight excluding hydrogens is 473 g/mol. The van der Waals surface area contributed by atoms with Crippen molar-refractivity contribution >= 4 is 17.5 Å². The number of nitrogens with two attached hydrogens (primary N) is 1. The molecule has 0 unspecified atom stereocenters. The molecule has 194 valence electrons. The van der Waals surface area contributed by atoms with Gasteiger partial charge in [-0.15, -0.1) is 0 Å². The van der Waals surface area contributed by atoms with Crippen LogP contribution in [0.2, 0.25) is 0 Å². The molecule has 0 heterocycles. The normalized spacial score (nSPS) is 17.1. The van der Waals surface area contributed by atoms with Crippen LogP contribution in [-0.2, 0) is 6.54 Å². The minimum atomic E-state index is -0.448. The van der Waals surface area contributed by atoms with Gasteiger partial charge in [-0.25, -0.2) is 4.39 Å². The lowest BCUT2D eigenvalue weighted by molar-refractivity contribution is 0.0605. The number of hydrogen-bond donors (Lipinski definition) is 2. The van der Waals surface area contributed by atoms with Gasteiger partial charge >= 0.3 is 0 Å². The number of carbonyl (C=O) groups excluding carboxylic acids is 2. The second-order valence-electron chi connectivity index (χ2n) is 9.24. The van der Waals surface area contributed by atoms with E-state index in [2.05, 4.69) is 5.32 Å². The van der Waals surface area contributed by atoms with Crippen LogP contribution in [0.5, 0.6) is 11.5 Å². The predicted octanol–water partition coefficient (Wildman–Crippen LogP) is 5.01. The molecule has 3 aromatic rings. The van der Waals surface area contributed by atoms with Crippen molar-refractivity contribution in [3.8, 4) is 11.5 Å². The molecule has 37 heavy (non-hydrogen) atoms. The summed E-state index contributed by atoms with van der Waals surface area (Å²) < 4.78 is 24.4. The topological polar surface area (TPSA) is 93.9 Å². The third-order valence-electron chi connectivity index (χ3n) is 6.70. The van der Waals surface area contributed by atoms with Gasteiger partial charge in [-0.1, -0.05) is 18.2 Å². The smallest absolute Gasteiger partial charge is 0.255 e. The second-order valence-corrected chi connectivity index (χ2v) is 9.24. The van der Waals surface area contributed by atoms with Crippen LogP contribution in [0.3, 0.4) is 0 Å². The zero-order valence-electron chi connectivity index (χ0n) is 21.1. The molecule has 0 aliphatic heterocycles. The molecule has 0 aromatic heterocycles. The Balaban J connectivity index is 1.54. The molecule has 0 atom stereocenters. The van der Waals surface area contributed by atoms with Crippen LogP contribution in [0.15, 0.2) is 66.7 Å². The van der Waals surface area contributed by atoms with E-state index in [1.807, 2.05) is 18.2 Å². The molecule has 0 saturated heterocycles. The van der Waals surface area contributed by atoms with E-state index in [1.54, 1.807) is 41.3 Å². The lowest BCUT2D eigenvalue weighted by Crippen LogP contribution is -2.43. The van der Waals surface area contributed by atoms with Gasteiger partial charge in [0.2, 0.25) is 0 Å². The minimum Gasteiger partial charge on any atom is -0.493 e. The average molecular weight is 506 g/mol. The van der Waals surface area contributed by atoms with E-state index in [1.165, 1.54) is 26.4 Å². The van der Waals surface area contributed by atoms with Gasteiger partial charge in [0.1, 0.15) is 5.82 Å². The van der Waals surface area contributed by atoms with Gasteiger partial charge in [-0.05, 0) is 79.8 Å². The fourth-order valence-electron chi connectivity index (χ4n) is 4.69. The Morgan fingerprint density at radius 1 is 0.919 bits per heavy atom. The van der Waals surface area contributed by atoms with Gasteiger partial charge < -0.3 is 25.4 Å². The van der Waals surface area contributed by atoms with E-state index in [-0.39, 0.29) is 23.9 Å². The lowest BCUT2D eigenvalue weighted by atomic mass is 9.90. The molecule has 4 rings (SSSR count). The Bertz CT molecular complexity index is 1260. The quantitative estimate of drug-likeness (QED) is 0.449. The highest BCUT2D eigenvalue weighted by Crippen LogP contribution is 2.29. The van der Waals surface area contributed by atoms with Gasteiger partial charge in [-0.2, -0.15) is 0 Å². The lowest BCUT2D eigenvalue weighted by Gasteiger charge is -2.36. The molecule has 0 bridgehead atoms. The van der Waals surface area contributed by atoms with Crippen molar-refractivity contribution in [1.82, 2.24) is 4.90 Å². The summed E-state index contributed by atoms with van der Waals surface area (Å²) in [5.41, 5.74) is 8.28. The van der Waals surface area contributed by atoms with Crippen LogP contribution in [0, 0.1) is 5.82 Å². The molecule has 1 aliphatic carbocycles. The maximum atomic E-state index is 13.9. The molecule has 0 radical (unpaired) electrons. The SMILES string of the molecule is COc1ccc(C(=O)Nc2cccc(CN(C(=O)c3cccc(F)c3)C3CCC(N)CC3)c2)cc1OC. The Kier molecular flexibility index (Phi) is 8.40. The van der Waals surface area contributed by atoms with Gasteiger partial charge in [0, 0.05) is 35.4 Å². The van der Waals surface area contributed by atoms with Crippen molar-refractivity contribution in [3.05, 3.63) is 89.2 Å². The third-order valence-corrected chi connectivity index (χ3v) is 6.70. The standard InChI is InChI=1S/C29H32FN3O4/c1-36-26-14-9-20(17-27(26)37-2)28(34)32-24-8-3-5-19(15-24)18-33(25-12-10-23(31)11-13-25)29(35)21-6-4-7-22(30)16-21/h3-9,14-17,23,25H,10-13,18,31H2,1-2H3,(H,32,34). The molecule has 0 spiro atoms. The number of rotatable bonds is 8. The first-order chi connectivity index (χ1) is 17.9. The summed E-state index contributed by atoms with van der Waals surface area (Å²) in [7, 11) is 3.05. The largest absolute Gasteiger partial charge is 0.493 e.